The van der Waals surface area contributed by atoms with Crippen molar-refractivity contribution in [1.29, 1.82) is 0 Å². The van der Waals surface area contributed by atoms with Gasteiger partial charge in [0.15, 0.2) is 0 Å². The standard InChI is InChI=1S/C14H18BrNO2S/c1-17-10-3-2-4-11(8-10)18-13-6-5-9(14(16)19)7-12(13)15/h5-7,10-11H,2-4,8H2,1H3,(H2,16,19). The predicted octanol–water partition coefficient (Wildman–Crippen LogP) is 3.42. The first-order valence-electron chi connectivity index (χ1n) is 6.39. The van der Waals surface area contributed by atoms with Gasteiger partial charge >= 0.3 is 0 Å². The molecule has 1 aromatic rings. The molecule has 104 valence electrons. The Morgan fingerprint density at radius 3 is 2.74 bits per heavy atom. The average Bonchev–Trinajstić information content (AvgIpc) is 2.41. The van der Waals surface area contributed by atoms with Crippen LogP contribution in [0.5, 0.6) is 5.75 Å². The second-order valence-electron chi connectivity index (χ2n) is 4.77. The molecule has 1 fully saturated rings. The topological polar surface area (TPSA) is 44.5 Å². The van der Waals surface area contributed by atoms with Gasteiger partial charge in [0.25, 0.3) is 0 Å². The van der Waals surface area contributed by atoms with Gasteiger partial charge in [-0.15, -0.1) is 0 Å². The van der Waals surface area contributed by atoms with E-state index in [1.807, 2.05) is 18.2 Å². The zero-order valence-electron chi connectivity index (χ0n) is 10.9. The highest BCUT2D eigenvalue weighted by molar-refractivity contribution is 9.10. The molecule has 3 nitrogen and oxygen atoms in total. The molecule has 0 bridgehead atoms. The molecular weight excluding hydrogens is 326 g/mol. The summed E-state index contributed by atoms with van der Waals surface area (Å²) in [6.45, 7) is 0. The van der Waals surface area contributed by atoms with E-state index in [1.54, 1.807) is 7.11 Å². The first-order chi connectivity index (χ1) is 9.10. The minimum Gasteiger partial charge on any atom is -0.489 e. The van der Waals surface area contributed by atoms with Crippen LogP contribution in [0.3, 0.4) is 0 Å². The van der Waals surface area contributed by atoms with Crippen molar-refractivity contribution in [3.05, 3.63) is 28.2 Å². The van der Waals surface area contributed by atoms with E-state index in [0.717, 1.165) is 41.5 Å². The third kappa shape index (κ3) is 3.91. The summed E-state index contributed by atoms with van der Waals surface area (Å²) in [4.78, 5) is 0.393. The van der Waals surface area contributed by atoms with Crippen LogP contribution < -0.4 is 10.5 Å². The van der Waals surface area contributed by atoms with Gasteiger partial charge in [0.05, 0.1) is 10.6 Å². The molecule has 0 spiro atoms. The number of methoxy groups -OCH3 is 1. The average molecular weight is 344 g/mol. The van der Waals surface area contributed by atoms with Crippen molar-refractivity contribution in [3.63, 3.8) is 0 Å². The molecule has 2 rings (SSSR count). The summed E-state index contributed by atoms with van der Waals surface area (Å²) in [6, 6.07) is 5.70. The van der Waals surface area contributed by atoms with Gasteiger partial charge in [0.2, 0.25) is 0 Å². The quantitative estimate of drug-likeness (QED) is 0.850. The van der Waals surface area contributed by atoms with Gasteiger partial charge in [-0.2, -0.15) is 0 Å². The lowest BCUT2D eigenvalue weighted by Gasteiger charge is -2.29. The van der Waals surface area contributed by atoms with Gasteiger partial charge in [0, 0.05) is 19.1 Å². The molecule has 1 aliphatic carbocycles. The van der Waals surface area contributed by atoms with Crippen molar-refractivity contribution in [1.82, 2.24) is 0 Å². The smallest absolute Gasteiger partial charge is 0.133 e. The molecule has 0 heterocycles. The Kier molecular flexibility index (Phi) is 5.19. The maximum absolute atomic E-state index is 6.04. The minimum absolute atomic E-state index is 0.214. The molecule has 0 amide bonds. The van der Waals surface area contributed by atoms with Gasteiger partial charge in [-0.05, 0) is 53.4 Å². The lowest BCUT2D eigenvalue weighted by Crippen LogP contribution is -2.29. The molecule has 1 aliphatic rings. The lowest BCUT2D eigenvalue weighted by atomic mass is 9.95. The largest absolute Gasteiger partial charge is 0.489 e. The zero-order valence-corrected chi connectivity index (χ0v) is 13.3. The van der Waals surface area contributed by atoms with Crippen molar-refractivity contribution in [2.24, 2.45) is 5.73 Å². The molecule has 2 N–H and O–H groups in total. The first kappa shape index (κ1) is 14.8. The number of ether oxygens (including phenoxy) is 2. The van der Waals surface area contributed by atoms with Crippen LogP contribution in [0.25, 0.3) is 0 Å². The maximum Gasteiger partial charge on any atom is 0.133 e. The third-order valence-corrected chi connectivity index (χ3v) is 4.28. The molecule has 1 aromatic carbocycles. The van der Waals surface area contributed by atoms with Crippen LogP contribution in [0, 0.1) is 0 Å². The van der Waals surface area contributed by atoms with Crippen molar-refractivity contribution < 1.29 is 9.47 Å². The molecule has 2 atom stereocenters. The van der Waals surface area contributed by atoms with Gasteiger partial charge in [-0.1, -0.05) is 12.2 Å². The Bertz CT molecular complexity index is 467. The monoisotopic (exact) mass is 343 g/mol. The molecule has 19 heavy (non-hydrogen) atoms. The van der Waals surface area contributed by atoms with E-state index < -0.39 is 0 Å². The highest BCUT2D eigenvalue weighted by Crippen LogP contribution is 2.30. The second kappa shape index (κ2) is 6.68. The Morgan fingerprint density at radius 2 is 2.11 bits per heavy atom. The summed E-state index contributed by atoms with van der Waals surface area (Å²) in [5, 5.41) is 0. The van der Waals surface area contributed by atoms with Gasteiger partial charge in [0.1, 0.15) is 16.8 Å². The maximum atomic E-state index is 6.04. The summed E-state index contributed by atoms with van der Waals surface area (Å²) in [6.07, 6.45) is 4.81. The van der Waals surface area contributed by atoms with Crippen molar-refractivity contribution in [2.45, 2.75) is 37.9 Å². The zero-order chi connectivity index (χ0) is 13.8. The molecule has 0 aromatic heterocycles. The first-order valence-corrected chi connectivity index (χ1v) is 7.59. The van der Waals surface area contributed by atoms with E-state index in [4.69, 9.17) is 27.4 Å². The van der Waals surface area contributed by atoms with Crippen LogP contribution in [-0.4, -0.2) is 24.3 Å². The van der Waals surface area contributed by atoms with Gasteiger partial charge in [-0.25, -0.2) is 0 Å². The van der Waals surface area contributed by atoms with Crippen LogP contribution >= 0.6 is 28.1 Å². The van der Waals surface area contributed by atoms with E-state index in [9.17, 15) is 0 Å². The Labute approximate surface area is 127 Å². The Morgan fingerprint density at radius 1 is 1.37 bits per heavy atom. The summed E-state index contributed by atoms with van der Waals surface area (Å²) in [7, 11) is 1.76. The molecule has 2 unspecified atom stereocenters. The highest BCUT2D eigenvalue weighted by atomic mass is 79.9. The SMILES string of the molecule is COC1CCCC(Oc2ccc(C(N)=S)cc2Br)C1. The summed E-state index contributed by atoms with van der Waals surface area (Å²) in [5.74, 6) is 0.835. The van der Waals surface area contributed by atoms with Crippen LogP contribution in [0.15, 0.2) is 22.7 Å². The van der Waals surface area contributed by atoms with E-state index >= 15 is 0 Å². The fourth-order valence-corrected chi connectivity index (χ4v) is 2.95. The second-order valence-corrected chi connectivity index (χ2v) is 6.07. The van der Waals surface area contributed by atoms with Crippen LogP contribution in [0.4, 0.5) is 0 Å². The molecule has 1 saturated carbocycles. The van der Waals surface area contributed by atoms with E-state index in [-0.39, 0.29) is 6.10 Å². The predicted molar refractivity (Wildman–Crippen MR) is 83.7 cm³/mol. The van der Waals surface area contributed by atoms with Crippen molar-refractivity contribution in [2.75, 3.05) is 7.11 Å². The van der Waals surface area contributed by atoms with E-state index in [1.165, 1.54) is 0 Å². The number of nitrogens with two attached hydrogens (primary N) is 1. The van der Waals surface area contributed by atoms with Gasteiger partial charge < -0.3 is 15.2 Å². The third-order valence-electron chi connectivity index (χ3n) is 3.42. The molecule has 0 radical (unpaired) electrons. The molecular formula is C14H18BrNO2S. The molecule has 5 heteroatoms. The Hall–Kier alpha value is -0.650. The van der Waals surface area contributed by atoms with E-state index in [2.05, 4.69) is 15.9 Å². The number of hydrogen-bond donors (Lipinski definition) is 1. The summed E-state index contributed by atoms with van der Waals surface area (Å²) in [5.41, 5.74) is 6.45. The van der Waals surface area contributed by atoms with Crippen molar-refractivity contribution in [3.8, 4) is 5.75 Å². The fourth-order valence-electron chi connectivity index (χ4n) is 2.35. The van der Waals surface area contributed by atoms with Gasteiger partial charge in [-0.3, -0.25) is 0 Å². The molecule has 0 saturated heterocycles. The van der Waals surface area contributed by atoms with Crippen LogP contribution in [-0.2, 0) is 4.74 Å². The van der Waals surface area contributed by atoms with E-state index in [0.29, 0.717) is 11.1 Å². The number of thiocarbonyl (C=S) groups is 1. The highest BCUT2D eigenvalue weighted by Gasteiger charge is 2.23. The lowest BCUT2D eigenvalue weighted by molar-refractivity contribution is 0.0207. The number of halogens is 1. The number of rotatable bonds is 4. The Balaban J connectivity index is 2.04. The molecule has 0 aliphatic heterocycles. The summed E-state index contributed by atoms with van der Waals surface area (Å²) >= 11 is 8.46. The van der Waals surface area contributed by atoms with Crippen LogP contribution in [0.1, 0.15) is 31.2 Å². The number of benzene rings is 1. The van der Waals surface area contributed by atoms with Crippen molar-refractivity contribution >= 4 is 33.1 Å². The minimum atomic E-state index is 0.214. The fraction of sp³-hybridized carbons (Fsp3) is 0.500. The number of hydrogen-bond acceptors (Lipinski definition) is 3. The summed E-state index contributed by atoms with van der Waals surface area (Å²) < 4.78 is 12.3. The van der Waals surface area contributed by atoms with Crippen LogP contribution in [0.2, 0.25) is 0 Å². The normalized spacial score (nSPS) is 23.1.